The monoisotopic (exact) mass is 274 g/mol. The van der Waals surface area contributed by atoms with Crippen LogP contribution < -0.4 is 11.1 Å². The number of amides is 1. The number of carboxylic acids is 1. The Balaban J connectivity index is 2.19. The molecule has 0 aromatic rings. The molecule has 5 nitrogen and oxygen atoms in total. The Labute approximate surface area is 112 Å². The number of hydrogen-bond donors (Lipinski definition) is 3. The van der Waals surface area contributed by atoms with Gasteiger partial charge in [0.25, 0.3) is 0 Å². The van der Waals surface area contributed by atoms with Crippen LogP contribution in [0.4, 0.5) is 0 Å². The van der Waals surface area contributed by atoms with Gasteiger partial charge >= 0.3 is 5.97 Å². The molecule has 1 fully saturated rings. The molecule has 1 amide bonds. The quantitative estimate of drug-likeness (QED) is 0.667. The summed E-state index contributed by atoms with van der Waals surface area (Å²) in [6.07, 6.45) is 4.64. The van der Waals surface area contributed by atoms with Crippen LogP contribution in [0.3, 0.4) is 0 Å². The lowest BCUT2D eigenvalue weighted by molar-refractivity contribution is -0.138. The summed E-state index contributed by atoms with van der Waals surface area (Å²) in [5.74, 6) is 0.0433. The van der Waals surface area contributed by atoms with E-state index in [0.29, 0.717) is 5.92 Å². The first-order valence-electron chi connectivity index (χ1n) is 6.36. The standard InChI is InChI=1S/C12H22N2O3S/c1-8-4-2-3-5-10(8)14-11(15)7-18-6-9(13)12(16)17/h8-10H,2-7,13H2,1H3,(H,14,15)(H,16,17)/t8?,9-,10?/m1/s1. The first-order valence-corrected chi connectivity index (χ1v) is 7.51. The summed E-state index contributed by atoms with van der Waals surface area (Å²) in [5.41, 5.74) is 5.36. The molecule has 18 heavy (non-hydrogen) atoms. The Morgan fingerprint density at radius 1 is 1.44 bits per heavy atom. The van der Waals surface area contributed by atoms with Gasteiger partial charge < -0.3 is 16.2 Å². The number of nitrogens with two attached hydrogens (primary N) is 1. The van der Waals surface area contributed by atoms with Crippen molar-refractivity contribution in [2.24, 2.45) is 11.7 Å². The van der Waals surface area contributed by atoms with Crippen LogP contribution >= 0.6 is 11.8 Å². The van der Waals surface area contributed by atoms with Crippen LogP contribution in [0.1, 0.15) is 32.6 Å². The number of thioether (sulfide) groups is 1. The van der Waals surface area contributed by atoms with Gasteiger partial charge in [-0.1, -0.05) is 19.8 Å². The lowest BCUT2D eigenvalue weighted by atomic mass is 9.86. The van der Waals surface area contributed by atoms with Gasteiger partial charge in [0.1, 0.15) is 6.04 Å². The smallest absolute Gasteiger partial charge is 0.321 e. The van der Waals surface area contributed by atoms with E-state index in [-0.39, 0.29) is 23.5 Å². The number of aliphatic carboxylic acids is 1. The van der Waals surface area contributed by atoms with E-state index >= 15 is 0 Å². The van der Waals surface area contributed by atoms with E-state index in [2.05, 4.69) is 12.2 Å². The van der Waals surface area contributed by atoms with Crippen molar-refractivity contribution in [1.82, 2.24) is 5.32 Å². The maximum atomic E-state index is 11.7. The minimum atomic E-state index is -1.02. The van der Waals surface area contributed by atoms with Crippen molar-refractivity contribution in [3.63, 3.8) is 0 Å². The summed E-state index contributed by atoms with van der Waals surface area (Å²) in [6, 6.07) is -0.614. The molecule has 3 atom stereocenters. The third kappa shape index (κ3) is 5.27. The molecule has 0 aliphatic heterocycles. The second kappa shape index (κ2) is 7.63. The van der Waals surface area contributed by atoms with Crippen LogP contribution in [0.5, 0.6) is 0 Å². The average molecular weight is 274 g/mol. The summed E-state index contributed by atoms with van der Waals surface area (Å²) in [6.45, 7) is 2.16. The molecule has 0 heterocycles. The van der Waals surface area contributed by atoms with Crippen molar-refractivity contribution in [3.05, 3.63) is 0 Å². The third-order valence-electron chi connectivity index (χ3n) is 3.31. The van der Waals surface area contributed by atoms with Gasteiger partial charge in [-0.25, -0.2) is 0 Å². The van der Waals surface area contributed by atoms with Gasteiger partial charge in [-0.3, -0.25) is 9.59 Å². The van der Waals surface area contributed by atoms with Gasteiger partial charge in [0.2, 0.25) is 5.91 Å². The first kappa shape index (κ1) is 15.3. The molecule has 6 heteroatoms. The van der Waals surface area contributed by atoms with Crippen LogP contribution in [0, 0.1) is 5.92 Å². The van der Waals surface area contributed by atoms with Crippen LogP contribution in [-0.2, 0) is 9.59 Å². The fourth-order valence-corrected chi connectivity index (χ4v) is 2.91. The average Bonchev–Trinajstić information content (AvgIpc) is 2.32. The van der Waals surface area contributed by atoms with Gasteiger partial charge in [-0.2, -0.15) is 0 Å². The summed E-state index contributed by atoms with van der Waals surface area (Å²) in [7, 11) is 0. The molecular formula is C12H22N2O3S. The molecule has 0 saturated heterocycles. The minimum Gasteiger partial charge on any atom is -0.480 e. The van der Waals surface area contributed by atoms with Gasteiger partial charge in [0.15, 0.2) is 0 Å². The molecule has 104 valence electrons. The fraction of sp³-hybridized carbons (Fsp3) is 0.833. The Bertz CT molecular complexity index is 299. The van der Waals surface area contributed by atoms with Crippen LogP contribution in [-0.4, -0.2) is 40.6 Å². The highest BCUT2D eigenvalue weighted by Gasteiger charge is 2.22. The minimum absolute atomic E-state index is 0.0173. The molecule has 2 unspecified atom stereocenters. The lowest BCUT2D eigenvalue weighted by Gasteiger charge is -2.29. The highest BCUT2D eigenvalue weighted by molar-refractivity contribution is 8.00. The van der Waals surface area contributed by atoms with E-state index in [1.54, 1.807) is 0 Å². The topological polar surface area (TPSA) is 92.4 Å². The predicted molar refractivity (Wildman–Crippen MR) is 72.5 cm³/mol. The zero-order valence-corrected chi connectivity index (χ0v) is 11.5. The largest absolute Gasteiger partial charge is 0.480 e. The van der Waals surface area contributed by atoms with Crippen molar-refractivity contribution < 1.29 is 14.7 Å². The highest BCUT2D eigenvalue weighted by Crippen LogP contribution is 2.23. The van der Waals surface area contributed by atoms with Crippen molar-refractivity contribution >= 4 is 23.6 Å². The van der Waals surface area contributed by atoms with E-state index in [1.807, 2.05) is 0 Å². The molecule has 0 spiro atoms. The predicted octanol–water partition coefficient (Wildman–Crippen LogP) is 0.826. The van der Waals surface area contributed by atoms with Crippen LogP contribution in [0.15, 0.2) is 0 Å². The summed E-state index contributed by atoms with van der Waals surface area (Å²) >= 11 is 1.27. The molecule has 0 radical (unpaired) electrons. The highest BCUT2D eigenvalue weighted by atomic mass is 32.2. The van der Waals surface area contributed by atoms with Crippen molar-refractivity contribution in [1.29, 1.82) is 0 Å². The Kier molecular flexibility index (Phi) is 6.49. The number of hydrogen-bond acceptors (Lipinski definition) is 4. The van der Waals surface area contributed by atoms with E-state index in [1.165, 1.54) is 31.0 Å². The maximum absolute atomic E-state index is 11.7. The number of rotatable bonds is 6. The van der Waals surface area contributed by atoms with Gasteiger partial charge in [0, 0.05) is 11.8 Å². The number of carboxylic acid groups (broad SMARTS) is 1. The van der Waals surface area contributed by atoms with Crippen molar-refractivity contribution in [3.8, 4) is 0 Å². The fourth-order valence-electron chi connectivity index (χ4n) is 2.13. The molecule has 0 aromatic carbocycles. The normalized spacial score (nSPS) is 25.4. The third-order valence-corrected chi connectivity index (χ3v) is 4.37. The van der Waals surface area contributed by atoms with Crippen LogP contribution in [0.25, 0.3) is 0 Å². The van der Waals surface area contributed by atoms with Gasteiger partial charge in [-0.05, 0) is 18.8 Å². The summed E-state index contributed by atoms with van der Waals surface area (Å²) in [4.78, 5) is 22.2. The second-order valence-electron chi connectivity index (χ2n) is 4.90. The zero-order valence-electron chi connectivity index (χ0n) is 10.7. The Morgan fingerprint density at radius 3 is 2.72 bits per heavy atom. The number of carbonyl (C=O) groups excluding carboxylic acids is 1. The zero-order chi connectivity index (χ0) is 13.5. The van der Waals surface area contributed by atoms with Gasteiger partial charge in [-0.15, -0.1) is 11.8 Å². The molecule has 0 bridgehead atoms. The molecule has 1 aliphatic rings. The molecule has 0 aromatic heterocycles. The first-order chi connectivity index (χ1) is 8.50. The molecule has 1 rings (SSSR count). The SMILES string of the molecule is CC1CCCCC1NC(=O)CSC[C@@H](N)C(=O)O. The van der Waals surface area contributed by atoms with E-state index < -0.39 is 12.0 Å². The lowest BCUT2D eigenvalue weighted by Crippen LogP contribution is -2.42. The maximum Gasteiger partial charge on any atom is 0.321 e. The number of carbonyl (C=O) groups is 2. The van der Waals surface area contributed by atoms with E-state index in [9.17, 15) is 9.59 Å². The summed E-state index contributed by atoms with van der Waals surface area (Å²) < 4.78 is 0. The molecule has 1 aliphatic carbocycles. The van der Waals surface area contributed by atoms with E-state index in [4.69, 9.17) is 10.8 Å². The Hall–Kier alpha value is -0.750. The molecule has 4 N–H and O–H groups in total. The van der Waals surface area contributed by atoms with Crippen molar-refractivity contribution in [2.75, 3.05) is 11.5 Å². The van der Waals surface area contributed by atoms with Crippen LogP contribution in [0.2, 0.25) is 0 Å². The van der Waals surface area contributed by atoms with E-state index in [0.717, 1.165) is 6.42 Å². The second-order valence-corrected chi connectivity index (χ2v) is 5.93. The van der Waals surface area contributed by atoms with Gasteiger partial charge in [0.05, 0.1) is 5.75 Å². The molecular weight excluding hydrogens is 252 g/mol. The molecule has 1 saturated carbocycles. The van der Waals surface area contributed by atoms with Crippen molar-refractivity contribution in [2.45, 2.75) is 44.7 Å². The Morgan fingerprint density at radius 2 is 2.11 bits per heavy atom. The number of nitrogens with one attached hydrogen (secondary N) is 1. The summed E-state index contributed by atoms with van der Waals surface area (Å²) in [5, 5.41) is 11.6.